The second kappa shape index (κ2) is 7.86. The maximum Gasteiger partial charge on any atom is 0.319 e. The maximum atomic E-state index is 11.9. The van der Waals surface area contributed by atoms with Crippen LogP contribution in [0.25, 0.3) is 0 Å². The molecule has 0 aliphatic heterocycles. The third-order valence-corrected chi connectivity index (χ3v) is 3.77. The predicted molar refractivity (Wildman–Crippen MR) is 98.8 cm³/mol. The van der Waals surface area contributed by atoms with E-state index in [2.05, 4.69) is 43.5 Å². The fourth-order valence-corrected chi connectivity index (χ4v) is 2.26. The predicted octanol–water partition coefficient (Wildman–Crippen LogP) is 4.49. The van der Waals surface area contributed by atoms with Crippen molar-refractivity contribution >= 4 is 11.7 Å². The minimum absolute atomic E-state index is 0.133. The van der Waals surface area contributed by atoms with Gasteiger partial charge in [0.25, 0.3) is 0 Å². The zero-order valence-corrected chi connectivity index (χ0v) is 14.8. The monoisotopic (exact) mass is 326 g/mol. The highest BCUT2D eigenvalue weighted by Crippen LogP contribution is 2.24. The Morgan fingerprint density at radius 1 is 1.04 bits per heavy atom. The number of rotatable bonds is 5. The highest BCUT2D eigenvalue weighted by molar-refractivity contribution is 5.89. The molecule has 4 nitrogen and oxygen atoms in total. The van der Waals surface area contributed by atoms with Crippen molar-refractivity contribution in [3.05, 3.63) is 59.7 Å². The topological polar surface area (TPSA) is 50.4 Å². The number of hydrogen-bond donors (Lipinski definition) is 2. The van der Waals surface area contributed by atoms with E-state index in [0.29, 0.717) is 13.2 Å². The van der Waals surface area contributed by atoms with Crippen LogP contribution in [-0.2, 0) is 5.41 Å². The fourth-order valence-electron chi connectivity index (χ4n) is 2.26. The summed E-state index contributed by atoms with van der Waals surface area (Å²) < 4.78 is 5.66. The second-order valence-corrected chi connectivity index (χ2v) is 6.82. The lowest BCUT2D eigenvalue weighted by molar-refractivity contribution is 0.247. The van der Waals surface area contributed by atoms with Crippen molar-refractivity contribution in [2.75, 3.05) is 18.5 Å². The first-order valence-corrected chi connectivity index (χ1v) is 8.20. The van der Waals surface area contributed by atoms with Crippen LogP contribution >= 0.6 is 0 Å². The summed E-state index contributed by atoms with van der Waals surface area (Å²) in [6, 6.07) is 15.5. The Morgan fingerprint density at radius 2 is 1.71 bits per heavy atom. The molecule has 0 bridgehead atoms. The summed E-state index contributed by atoms with van der Waals surface area (Å²) in [6.07, 6.45) is 0. The van der Waals surface area contributed by atoms with E-state index in [1.807, 2.05) is 43.3 Å². The van der Waals surface area contributed by atoms with Crippen LogP contribution in [0.2, 0.25) is 0 Å². The number of anilines is 1. The first kappa shape index (κ1) is 17.9. The summed E-state index contributed by atoms with van der Waals surface area (Å²) in [5.74, 6) is 0.809. The number of urea groups is 1. The number of carbonyl (C=O) groups is 1. The van der Waals surface area contributed by atoms with Gasteiger partial charge in [-0.2, -0.15) is 0 Å². The molecule has 0 unspecified atom stereocenters. The van der Waals surface area contributed by atoms with Gasteiger partial charge in [0.15, 0.2) is 0 Å². The lowest BCUT2D eigenvalue weighted by atomic mass is 9.87. The SMILES string of the molecule is Cc1ccccc1NC(=O)NCCOc1ccc(C(C)(C)C)cc1. The number of nitrogens with one attached hydrogen (secondary N) is 2. The van der Waals surface area contributed by atoms with Crippen LogP contribution in [0.1, 0.15) is 31.9 Å². The van der Waals surface area contributed by atoms with Gasteiger partial charge in [0.05, 0.1) is 6.54 Å². The summed E-state index contributed by atoms with van der Waals surface area (Å²) in [7, 11) is 0. The molecule has 0 saturated heterocycles. The quantitative estimate of drug-likeness (QED) is 0.795. The van der Waals surface area contributed by atoms with Crippen molar-refractivity contribution in [1.82, 2.24) is 5.32 Å². The van der Waals surface area contributed by atoms with Crippen molar-refractivity contribution in [3.8, 4) is 5.75 Å². The largest absolute Gasteiger partial charge is 0.492 e. The molecule has 0 spiro atoms. The molecular weight excluding hydrogens is 300 g/mol. The van der Waals surface area contributed by atoms with Crippen LogP contribution in [0.3, 0.4) is 0 Å². The van der Waals surface area contributed by atoms with Crippen LogP contribution in [0.4, 0.5) is 10.5 Å². The van der Waals surface area contributed by atoms with Crippen molar-refractivity contribution in [2.45, 2.75) is 33.1 Å². The number of amides is 2. The molecule has 128 valence electrons. The Bertz CT molecular complexity index is 673. The van der Waals surface area contributed by atoms with Gasteiger partial charge < -0.3 is 15.4 Å². The Balaban J connectivity index is 1.73. The second-order valence-electron chi connectivity index (χ2n) is 6.82. The molecule has 0 saturated carbocycles. The van der Waals surface area contributed by atoms with E-state index in [1.54, 1.807) is 0 Å². The lowest BCUT2D eigenvalue weighted by Crippen LogP contribution is -2.32. The smallest absolute Gasteiger partial charge is 0.319 e. The molecule has 0 aromatic heterocycles. The minimum Gasteiger partial charge on any atom is -0.492 e. The summed E-state index contributed by atoms with van der Waals surface area (Å²) in [6.45, 7) is 9.37. The number of para-hydroxylation sites is 1. The van der Waals surface area contributed by atoms with Crippen LogP contribution in [0.15, 0.2) is 48.5 Å². The molecule has 2 N–H and O–H groups in total. The van der Waals surface area contributed by atoms with Gasteiger partial charge in [-0.05, 0) is 41.7 Å². The first-order valence-electron chi connectivity index (χ1n) is 8.20. The van der Waals surface area contributed by atoms with Crippen LogP contribution < -0.4 is 15.4 Å². The normalized spacial score (nSPS) is 11.0. The summed E-state index contributed by atoms with van der Waals surface area (Å²) >= 11 is 0. The van der Waals surface area contributed by atoms with Crippen LogP contribution in [0, 0.1) is 6.92 Å². The molecule has 24 heavy (non-hydrogen) atoms. The van der Waals surface area contributed by atoms with E-state index in [1.165, 1.54) is 5.56 Å². The molecule has 0 fully saturated rings. The molecule has 0 aliphatic carbocycles. The van der Waals surface area contributed by atoms with Gasteiger partial charge in [-0.1, -0.05) is 51.1 Å². The van der Waals surface area contributed by atoms with Crippen molar-refractivity contribution < 1.29 is 9.53 Å². The average Bonchev–Trinajstić information content (AvgIpc) is 2.53. The summed E-state index contributed by atoms with van der Waals surface area (Å²) in [5, 5.41) is 5.62. The molecular formula is C20H26N2O2. The molecule has 0 heterocycles. The van der Waals surface area contributed by atoms with Crippen LogP contribution in [0.5, 0.6) is 5.75 Å². The Kier molecular flexibility index (Phi) is 5.85. The molecule has 0 aliphatic rings. The molecule has 0 radical (unpaired) electrons. The summed E-state index contributed by atoms with van der Waals surface area (Å²) in [4.78, 5) is 11.9. The highest BCUT2D eigenvalue weighted by Gasteiger charge is 2.12. The number of aryl methyl sites for hydroxylation is 1. The van der Waals surface area contributed by atoms with Gasteiger partial charge in [0, 0.05) is 5.69 Å². The van der Waals surface area contributed by atoms with Crippen LogP contribution in [-0.4, -0.2) is 19.2 Å². The van der Waals surface area contributed by atoms with Crippen molar-refractivity contribution in [2.24, 2.45) is 0 Å². The average molecular weight is 326 g/mol. The highest BCUT2D eigenvalue weighted by atomic mass is 16.5. The Hall–Kier alpha value is -2.49. The number of carbonyl (C=O) groups excluding carboxylic acids is 1. The number of ether oxygens (including phenoxy) is 1. The lowest BCUT2D eigenvalue weighted by Gasteiger charge is -2.19. The van der Waals surface area contributed by atoms with Crippen molar-refractivity contribution in [1.29, 1.82) is 0 Å². The van der Waals surface area contributed by atoms with Crippen molar-refractivity contribution in [3.63, 3.8) is 0 Å². The Morgan fingerprint density at radius 3 is 2.33 bits per heavy atom. The van der Waals surface area contributed by atoms with E-state index in [9.17, 15) is 4.79 Å². The molecule has 2 aromatic carbocycles. The zero-order chi connectivity index (χ0) is 17.6. The number of hydrogen-bond acceptors (Lipinski definition) is 2. The third-order valence-electron chi connectivity index (χ3n) is 3.77. The van der Waals surface area contributed by atoms with Gasteiger partial charge in [-0.25, -0.2) is 4.79 Å². The third kappa shape index (κ3) is 5.30. The zero-order valence-electron chi connectivity index (χ0n) is 14.8. The van der Waals surface area contributed by atoms with Gasteiger partial charge in [-0.3, -0.25) is 0 Å². The van der Waals surface area contributed by atoms with E-state index < -0.39 is 0 Å². The fraction of sp³-hybridized carbons (Fsp3) is 0.350. The maximum absolute atomic E-state index is 11.9. The number of benzene rings is 2. The molecule has 0 atom stereocenters. The molecule has 4 heteroatoms. The van der Waals surface area contributed by atoms with Gasteiger partial charge in [0.2, 0.25) is 0 Å². The van der Waals surface area contributed by atoms with Gasteiger partial charge in [-0.15, -0.1) is 0 Å². The van der Waals surface area contributed by atoms with E-state index in [4.69, 9.17) is 4.74 Å². The standard InChI is InChI=1S/C20H26N2O2/c1-15-7-5-6-8-18(15)22-19(23)21-13-14-24-17-11-9-16(10-12-17)20(2,3)4/h5-12H,13-14H2,1-4H3,(H2,21,22,23). The minimum atomic E-state index is -0.226. The van der Waals surface area contributed by atoms with Gasteiger partial charge >= 0.3 is 6.03 Å². The van der Waals surface area contributed by atoms with E-state index in [-0.39, 0.29) is 11.4 Å². The van der Waals surface area contributed by atoms with E-state index >= 15 is 0 Å². The summed E-state index contributed by atoms with van der Waals surface area (Å²) in [5.41, 5.74) is 3.25. The Labute approximate surface area is 144 Å². The first-order chi connectivity index (χ1) is 11.4. The molecule has 2 rings (SSSR count). The molecule has 2 amide bonds. The molecule has 2 aromatic rings. The van der Waals surface area contributed by atoms with Gasteiger partial charge in [0.1, 0.15) is 12.4 Å². The van der Waals surface area contributed by atoms with E-state index in [0.717, 1.165) is 17.0 Å².